The molecule has 0 aliphatic carbocycles. The number of carbonyl (C=O) groups excluding carboxylic acids is 3. The molecule has 2 atom stereocenters. The molecule has 2 fully saturated rings. The van der Waals surface area contributed by atoms with Crippen molar-refractivity contribution in [2.24, 2.45) is 5.92 Å². The molecule has 0 saturated carbocycles. The third-order valence-corrected chi connectivity index (χ3v) is 9.30. The van der Waals surface area contributed by atoms with Gasteiger partial charge in [-0.2, -0.15) is 4.31 Å². The lowest BCUT2D eigenvalue weighted by atomic mass is 10.0. The zero-order chi connectivity index (χ0) is 27.4. The summed E-state index contributed by atoms with van der Waals surface area (Å²) >= 11 is 0. The topological polar surface area (TPSA) is 116 Å². The third-order valence-electron chi connectivity index (χ3n) is 7.33. The van der Waals surface area contributed by atoms with Gasteiger partial charge in [0.15, 0.2) is 0 Å². The van der Waals surface area contributed by atoms with E-state index in [0.717, 1.165) is 25.7 Å². The summed E-state index contributed by atoms with van der Waals surface area (Å²) in [6.07, 6.45) is 3.77. The van der Waals surface area contributed by atoms with Crippen LogP contribution in [0.4, 0.5) is 11.4 Å². The summed E-state index contributed by atoms with van der Waals surface area (Å²) in [5.74, 6) is -0.991. The van der Waals surface area contributed by atoms with Gasteiger partial charge in [-0.05, 0) is 81.6 Å². The first-order valence-corrected chi connectivity index (χ1v) is 14.7. The van der Waals surface area contributed by atoms with E-state index in [9.17, 15) is 22.8 Å². The van der Waals surface area contributed by atoms with E-state index < -0.39 is 15.9 Å². The number of anilines is 2. The van der Waals surface area contributed by atoms with E-state index in [4.69, 9.17) is 0 Å². The van der Waals surface area contributed by atoms with Gasteiger partial charge in [-0.3, -0.25) is 14.4 Å². The largest absolute Gasteiger partial charge is 0.339 e. The highest BCUT2D eigenvalue weighted by Gasteiger charge is 2.35. The second-order valence-corrected chi connectivity index (χ2v) is 12.2. The van der Waals surface area contributed by atoms with E-state index >= 15 is 0 Å². The highest BCUT2D eigenvalue weighted by atomic mass is 32.2. The Morgan fingerprint density at radius 1 is 0.974 bits per heavy atom. The van der Waals surface area contributed by atoms with Crippen LogP contribution in [0.25, 0.3) is 0 Å². The van der Waals surface area contributed by atoms with Crippen LogP contribution in [0, 0.1) is 5.92 Å². The van der Waals surface area contributed by atoms with E-state index in [1.165, 1.54) is 12.1 Å². The van der Waals surface area contributed by atoms with Crippen molar-refractivity contribution >= 4 is 39.1 Å². The molecule has 2 heterocycles. The van der Waals surface area contributed by atoms with Crippen molar-refractivity contribution in [2.75, 3.05) is 23.7 Å². The number of hydrogen-bond acceptors (Lipinski definition) is 5. The Hall–Kier alpha value is -3.24. The number of benzene rings is 2. The third kappa shape index (κ3) is 6.07. The quantitative estimate of drug-likeness (QED) is 0.523. The number of piperidine rings is 1. The first-order chi connectivity index (χ1) is 18.1. The van der Waals surface area contributed by atoms with Crippen molar-refractivity contribution in [3.05, 3.63) is 54.1 Å². The molecule has 0 aromatic heterocycles. The Morgan fingerprint density at radius 3 is 2.21 bits per heavy atom. The van der Waals surface area contributed by atoms with Crippen molar-refractivity contribution in [3.63, 3.8) is 0 Å². The number of carbonyl (C=O) groups is 3. The van der Waals surface area contributed by atoms with Gasteiger partial charge in [0, 0.05) is 48.5 Å². The van der Waals surface area contributed by atoms with Crippen LogP contribution in [0.5, 0.6) is 0 Å². The molecule has 204 valence electrons. The Bertz CT molecular complexity index is 1280. The van der Waals surface area contributed by atoms with Crippen LogP contribution in [0.2, 0.25) is 0 Å². The average Bonchev–Trinajstić information content (AvgIpc) is 3.31. The first-order valence-electron chi connectivity index (χ1n) is 13.2. The lowest BCUT2D eigenvalue weighted by Crippen LogP contribution is -2.43. The highest BCUT2D eigenvalue weighted by molar-refractivity contribution is 7.89. The molecule has 2 aromatic carbocycles. The fourth-order valence-electron chi connectivity index (χ4n) is 5.10. The minimum absolute atomic E-state index is 0.0190. The molecule has 2 aromatic rings. The molecule has 2 saturated heterocycles. The molecule has 0 bridgehead atoms. The van der Waals surface area contributed by atoms with Gasteiger partial charge < -0.3 is 15.5 Å². The van der Waals surface area contributed by atoms with Gasteiger partial charge in [0.1, 0.15) is 0 Å². The van der Waals surface area contributed by atoms with E-state index in [2.05, 4.69) is 10.6 Å². The molecule has 38 heavy (non-hydrogen) atoms. The fourth-order valence-corrected chi connectivity index (χ4v) is 6.87. The monoisotopic (exact) mass is 540 g/mol. The molecule has 4 rings (SSSR count). The molecular weight excluding hydrogens is 504 g/mol. The summed E-state index contributed by atoms with van der Waals surface area (Å²) in [6.45, 7) is 6.80. The molecule has 2 unspecified atom stereocenters. The number of hydrogen-bond donors (Lipinski definition) is 2. The van der Waals surface area contributed by atoms with Gasteiger partial charge in [0.25, 0.3) is 5.91 Å². The van der Waals surface area contributed by atoms with Gasteiger partial charge in [0.2, 0.25) is 21.8 Å². The summed E-state index contributed by atoms with van der Waals surface area (Å²) in [7, 11) is -3.59. The van der Waals surface area contributed by atoms with Gasteiger partial charge in [0.05, 0.1) is 10.8 Å². The van der Waals surface area contributed by atoms with Crippen molar-refractivity contribution in [1.29, 1.82) is 0 Å². The van der Waals surface area contributed by atoms with E-state index in [1.807, 2.05) is 20.8 Å². The maximum absolute atomic E-state index is 13.2. The number of nitrogens with one attached hydrogen (secondary N) is 2. The lowest BCUT2D eigenvalue weighted by Gasteiger charge is -2.34. The molecule has 10 heteroatoms. The zero-order valence-electron chi connectivity index (χ0n) is 22.1. The van der Waals surface area contributed by atoms with Crippen LogP contribution >= 0.6 is 0 Å². The van der Waals surface area contributed by atoms with Gasteiger partial charge >= 0.3 is 0 Å². The van der Waals surface area contributed by atoms with E-state index in [1.54, 1.807) is 45.6 Å². The van der Waals surface area contributed by atoms with E-state index in [0.29, 0.717) is 30.0 Å². The SMILES string of the molecule is CCC1CCCCN1S(=O)(=O)c1ccc(NC(=O)c2ccc(NC(=O)C3CC(=O)N(C(C)C)C3)cc2)cc1. The molecule has 2 aliphatic heterocycles. The minimum atomic E-state index is -3.59. The predicted octanol–water partition coefficient (Wildman–Crippen LogP) is 4.09. The number of sulfonamides is 1. The van der Waals surface area contributed by atoms with Crippen molar-refractivity contribution in [2.45, 2.75) is 69.9 Å². The summed E-state index contributed by atoms with van der Waals surface area (Å²) in [5, 5.41) is 5.61. The molecule has 9 nitrogen and oxygen atoms in total. The number of amides is 3. The minimum Gasteiger partial charge on any atom is -0.339 e. The van der Waals surface area contributed by atoms with Crippen molar-refractivity contribution in [3.8, 4) is 0 Å². The second kappa shape index (κ2) is 11.7. The number of rotatable bonds is 8. The Labute approximate surface area is 224 Å². The average molecular weight is 541 g/mol. The van der Waals surface area contributed by atoms with Gasteiger partial charge in [-0.1, -0.05) is 13.3 Å². The van der Waals surface area contributed by atoms with Crippen LogP contribution in [-0.4, -0.2) is 60.5 Å². The zero-order valence-corrected chi connectivity index (χ0v) is 23.0. The van der Waals surface area contributed by atoms with Gasteiger partial charge in [-0.25, -0.2) is 8.42 Å². The van der Waals surface area contributed by atoms with Crippen LogP contribution in [0.3, 0.4) is 0 Å². The van der Waals surface area contributed by atoms with Crippen LogP contribution in [0.1, 0.15) is 63.2 Å². The van der Waals surface area contributed by atoms with E-state index in [-0.39, 0.29) is 41.1 Å². The number of nitrogens with zero attached hydrogens (tertiary/aromatic N) is 2. The highest BCUT2D eigenvalue weighted by Crippen LogP contribution is 2.28. The smallest absolute Gasteiger partial charge is 0.255 e. The maximum atomic E-state index is 13.2. The molecular formula is C28H36N4O5S. The van der Waals surface area contributed by atoms with Crippen LogP contribution < -0.4 is 10.6 Å². The fraction of sp³-hybridized carbons (Fsp3) is 0.464. The summed E-state index contributed by atoms with van der Waals surface area (Å²) in [5.41, 5.74) is 1.41. The summed E-state index contributed by atoms with van der Waals surface area (Å²) in [4.78, 5) is 39.4. The maximum Gasteiger partial charge on any atom is 0.255 e. The molecule has 2 N–H and O–H groups in total. The van der Waals surface area contributed by atoms with Crippen molar-refractivity contribution < 1.29 is 22.8 Å². The molecule has 3 amide bonds. The van der Waals surface area contributed by atoms with Crippen molar-refractivity contribution in [1.82, 2.24) is 9.21 Å². The second-order valence-electron chi connectivity index (χ2n) is 10.3. The Morgan fingerprint density at radius 2 is 1.61 bits per heavy atom. The normalized spacial score (nSPS) is 20.5. The molecule has 0 radical (unpaired) electrons. The summed E-state index contributed by atoms with van der Waals surface area (Å²) in [6, 6.07) is 12.8. The van der Waals surface area contributed by atoms with Gasteiger partial charge in [-0.15, -0.1) is 0 Å². The predicted molar refractivity (Wildman–Crippen MR) is 146 cm³/mol. The molecule has 0 spiro atoms. The first kappa shape index (κ1) is 27.8. The Balaban J connectivity index is 1.35. The standard InChI is InChI=1S/C28H36N4O5S/c1-4-24-7-5-6-16-32(24)38(36,37)25-14-12-23(13-15-25)29-27(34)20-8-10-22(11-9-20)30-28(35)21-17-26(33)31(18-21)19(2)3/h8-15,19,21,24H,4-7,16-18H2,1-3H3,(H,29,34)(H,30,35). The summed E-state index contributed by atoms with van der Waals surface area (Å²) < 4.78 is 27.9. The Kier molecular flexibility index (Phi) is 8.52. The van der Waals surface area contributed by atoms with Crippen LogP contribution in [0.15, 0.2) is 53.4 Å². The lowest BCUT2D eigenvalue weighted by molar-refractivity contribution is -0.129. The van der Waals surface area contributed by atoms with Crippen LogP contribution in [-0.2, 0) is 19.6 Å². The number of likely N-dealkylation sites (tertiary alicyclic amines) is 1. The molecule has 2 aliphatic rings.